The molecule has 1 saturated heterocycles. The number of halogens is 2. The molecule has 26 heavy (non-hydrogen) atoms. The molecule has 0 atom stereocenters. The lowest BCUT2D eigenvalue weighted by atomic mass is 10.1. The number of nitrogens with zero attached hydrogens (tertiary/aromatic N) is 2. The van der Waals surface area contributed by atoms with Crippen molar-refractivity contribution >= 4 is 34.2 Å². The van der Waals surface area contributed by atoms with Crippen LogP contribution in [0.5, 0.6) is 0 Å². The maximum Gasteiger partial charge on any atom is 0.323 e. The van der Waals surface area contributed by atoms with E-state index in [4.69, 9.17) is 11.6 Å². The van der Waals surface area contributed by atoms with Gasteiger partial charge in [-0.15, -0.1) is 0 Å². The Kier molecular flexibility index (Phi) is 4.16. The summed E-state index contributed by atoms with van der Waals surface area (Å²) in [6.07, 6.45) is 0. The van der Waals surface area contributed by atoms with Gasteiger partial charge in [-0.25, -0.2) is 9.18 Å². The molecule has 6 nitrogen and oxygen atoms in total. The van der Waals surface area contributed by atoms with Crippen molar-refractivity contribution in [3.63, 3.8) is 0 Å². The number of aromatic nitrogens is 2. The molecule has 0 spiro atoms. The topological polar surface area (TPSA) is 72.2 Å². The van der Waals surface area contributed by atoms with Crippen LogP contribution in [0.3, 0.4) is 0 Å². The molecule has 2 N–H and O–H groups in total. The number of carbonyl (C=O) groups excluding carboxylic acids is 1. The van der Waals surface area contributed by atoms with Gasteiger partial charge in [-0.2, -0.15) is 0 Å². The molecule has 1 aliphatic heterocycles. The summed E-state index contributed by atoms with van der Waals surface area (Å²) in [5.41, 5.74) is 2.14. The van der Waals surface area contributed by atoms with Crippen LogP contribution in [-0.2, 0) is 0 Å². The average Bonchev–Trinajstić information content (AvgIpc) is 3.00. The number of piperazine rings is 1. The highest BCUT2D eigenvalue weighted by Crippen LogP contribution is 2.24. The van der Waals surface area contributed by atoms with Gasteiger partial charge in [-0.05, 0) is 30.3 Å². The van der Waals surface area contributed by atoms with E-state index in [2.05, 4.69) is 14.9 Å². The average molecular weight is 375 g/mol. The van der Waals surface area contributed by atoms with Crippen LogP contribution in [0.15, 0.2) is 41.2 Å². The Bertz CT molecular complexity index is 1020. The number of hydrogen-bond donors (Lipinski definition) is 2. The number of amides is 1. The number of rotatable bonds is 2. The largest absolute Gasteiger partial charge is 0.368 e. The van der Waals surface area contributed by atoms with Gasteiger partial charge in [0.05, 0.1) is 21.6 Å². The summed E-state index contributed by atoms with van der Waals surface area (Å²) < 4.78 is 14.0. The lowest BCUT2D eigenvalue weighted by Crippen LogP contribution is -2.49. The zero-order valence-electron chi connectivity index (χ0n) is 13.8. The first-order chi connectivity index (χ1) is 12.5. The first kappa shape index (κ1) is 16.7. The Balaban J connectivity index is 1.49. The second-order valence-corrected chi connectivity index (χ2v) is 6.59. The minimum Gasteiger partial charge on any atom is -0.368 e. The monoisotopic (exact) mass is 374 g/mol. The normalized spacial score (nSPS) is 14.8. The van der Waals surface area contributed by atoms with Crippen LogP contribution in [-0.4, -0.2) is 47.0 Å². The second kappa shape index (κ2) is 6.49. The highest BCUT2D eigenvalue weighted by Gasteiger charge is 2.26. The summed E-state index contributed by atoms with van der Waals surface area (Å²) >= 11 is 6.00. The smallest absolute Gasteiger partial charge is 0.323 e. The molecule has 1 fully saturated rings. The van der Waals surface area contributed by atoms with Crippen molar-refractivity contribution in [1.82, 2.24) is 14.9 Å². The molecule has 3 aromatic rings. The first-order valence-corrected chi connectivity index (χ1v) is 8.61. The number of carbonyl (C=O) groups is 1. The van der Waals surface area contributed by atoms with Gasteiger partial charge in [0.2, 0.25) is 0 Å². The lowest BCUT2D eigenvalue weighted by molar-refractivity contribution is 0.0742. The van der Waals surface area contributed by atoms with E-state index in [0.29, 0.717) is 26.2 Å². The third kappa shape index (κ3) is 2.94. The zero-order valence-corrected chi connectivity index (χ0v) is 14.5. The van der Waals surface area contributed by atoms with Gasteiger partial charge in [-0.3, -0.25) is 4.79 Å². The van der Waals surface area contributed by atoms with Crippen LogP contribution in [0.4, 0.5) is 10.1 Å². The molecule has 134 valence electrons. The number of fused-ring (bicyclic) bond motifs is 1. The number of aromatic amines is 2. The molecule has 0 saturated carbocycles. The third-order valence-corrected chi connectivity index (χ3v) is 4.92. The summed E-state index contributed by atoms with van der Waals surface area (Å²) in [4.78, 5) is 33.2. The number of imidazole rings is 1. The molecule has 4 rings (SSSR count). The highest BCUT2D eigenvalue weighted by atomic mass is 35.5. The first-order valence-electron chi connectivity index (χ1n) is 8.23. The van der Waals surface area contributed by atoms with Gasteiger partial charge in [-0.1, -0.05) is 17.7 Å². The fourth-order valence-corrected chi connectivity index (χ4v) is 3.49. The van der Waals surface area contributed by atoms with Crippen molar-refractivity contribution in [2.45, 2.75) is 0 Å². The van der Waals surface area contributed by atoms with Gasteiger partial charge in [0.1, 0.15) is 5.82 Å². The van der Waals surface area contributed by atoms with Gasteiger partial charge in [0, 0.05) is 31.9 Å². The SMILES string of the molecule is O=C(c1c(F)cccc1Cl)N1CCN(c2ccc3[nH]c(=O)[nH]c3c2)CC1. The molecule has 2 heterocycles. The van der Waals surface area contributed by atoms with E-state index in [9.17, 15) is 14.0 Å². The number of hydrogen-bond acceptors (Lipinski definition) is 3. The zero-order chi connectivity index (χ0) is 18.3. The number of anilines is 1. The van der Waals surface area contributed by atoms with Gasteiger partial charge >= 0.3 is 5.69 Å². The number of benzene rings is 2. The van der Waals surface area contributed by atoms with E-state index < -0.39 is 11.7 Å². The number of H-pyrrole nitrogens is 2. The Hall–Kier alpha value is -2.80. The predicted molar refractivity (Wildman–Crippen MR) is 98.4 cm³/mol. The molecular formula is C18H16ClFN4O2. The van der Waals surface area contributed by atoms with Crippen molar-refractivity contribution in [3.05, 3.63) is 63.3 Å². The Morgan fingerprint density at radius 2 is 1.77 bits per heavy atom. The van der Waals surface area contributed by atoms with Crippen molar-refractivity contribution in [3.8, 4) is 0 Å². The highest BCUT2D eigenvalue weighted by molar-refractivity contribution is 6.33. The Morgan fingerprint density at radius 1 is 1.04 bits per heavy atom. The van der Waals surface area contributed by atoms with Gasteiger partial charge in [0.15, 0.2) is 0 Å². The van der Waals surface area contributed by atoms with E-state index in [0.717, 1.165) is 16.7 Å². The van der Waals surface area contributed by atoms with Crippen LogP contribution in [0.2, 0.25) is 5.02 Å². The van der Waals surface area contributed by atoms with Gasteiger partial charge in [0.25, 0.3) is 5.91 Å². The Labute approximate surface area is 153 Å². The van der Waals surface area contributed by atoms with Crippen molar-refractivity contribution < 1.29 is 9.18 Å². The maximum atomic E-state index is 14.0. The van der Waals surface area contributed by atoms with E-state index >= 15 is 0 Å². The van der Waals surface area contributed by atoms with Crippen LogP contribution < -0.4 is 10.6 Å². The van der Waals surface area contributed by atoms with Crippen LogP contribution >= 0.6 is 11.6 Å². The fourth-order valence-electron chi connectivity index (χ4n) is 3.25. The molecule has 1 aliphatic rings. The van der Waals surface area contributed by atoms with Crippen molar-refractivity contribution in [2.75, 3.05) is 31.1 Å². The standard InChI is InChI=1S/C18H16ClFN4O2/c19-12-2-1-3-13(20)16(12)17(25)24-8-6-23(7-9-24)11-4-5-14-15(10-11)22-18(26)21-14/h1-5,10H,6-9H2,(H2,21,22,26). The molecule has 0 bridgehead atoms. The van der Waals surface area contributed by atoms with E-state index in [1.165, 1.54) is 18.2 Å². The van der Waals surface area contributed by atoms with Crippen LogP contribution in [0.25, 0.3) is 11.0 Å². The quantitative estimate of drug-likeness (QED) is 0.724. The maximum absolute atomic E-state index is 14.0. The van der Waals surface area contributed by atoms with Crippen LogP contribution in [0, 0.1) is 5.82 Å². The second-order valence-electron chi connectivity index (χ2n) is 6.18. The minimum absolute atomic E-state index is 0.0751. The third-order valence-electron chi connectivity index (χ3n) is 4.61. The molecule has 1 aromatic heterocycles. The molecule has 8 heteroatoms. The van der Waals surface area contributed by atoms with E-state index in [1.807, 2.05) is 18.2 Å². The van der Waals surface area contributed by atoms with E-state index in [-0.39, 0.29) is 16.3 Å². The van der Waals surface area contributed by atoms with Gasteiger partial charge < -0.3 is 19.8 Å². The van der Waals surface area contributed by atoms with Crippen molar-refractivity contribution in [1.29, 1.82) is 0 Å². The summed E-state index contributed by atoms with van der Waals surface area (Å²) in [6.45, 7) is 2.15. The Morgan fingerprint density at radius 3 is 2.50 bits per heavy atom. The fraction of sp³-hybridized carbons (Fsp3) is 0.222. The molecular weight excluding hydrogens is 359 g/mol. The molecule has 0 aliphatic carbocycles. The minimum atomic E-state index is -0.605. The van der Waals surface area contributed by atoms with Crippen LogP contribution in [0.1, 0.15) is 10.4 Å². The summed E-state index contributed by atoms with van der Waals surface area (Å²) in [5, 5.41) is 0.124. The molecule has 0 unspecified atom stereocenters. The predicted octanol–water partition coefficient (Wildman–Crippen LogP) is 2.61. The summed E-state index contributed by atoms with van der Waals surface area (Å²) in [7, 11) is 0. The summed E-state index contributed by atoms with van der Waals surface area (Å²) in [5.74, 6) is -0.995. The molecule has 0 radical (unpaired) electrons. The lowest BCUT2D eigenvalue weighted by Gasteiger charge is -2.36. The molecule has 2 aromatic carbocycles. The number of nitrogens with one attached hydrogen (secondary N) is 2. The van der Waals surface area contributed by atoms with Crippen molar-refractivity contribution in [2.24, 2.45) is 0 Å². The van der Waals surface area contributed by atoms with E-state index in [1.54, 1.807) is 4.90 Å². The molecule has 1 amide bonds. The summed E-state index contributed by atoms with van der Waals surface area (Å²) in [6, 6.07) is 9.91.